The van der Waals surface area contributed by atoms with Crippen LogP contribution in [0.25, 0.3) is 0 Å². The van der Waals surface area contributed by atoms with E-state index in [0.717, 1.165) is 48.5 Å². The van der Waals surface area contributed by atoms with Crippen molar-refractivity contribution in [2.75, 3.05) is 13.1 Å². The van der Waals surface area contributed by atoms with Crippen LogP contribution in [0.2, 0.25) is 0 Å². The zero-order valence-corrected chi connectivity index (χ0v) is 15.6. The summed E-state index contributed by atoms with van der Waals surface area (Å²) in [7, 11) is 0. The number of aryl methyl sites for hydroxylation is 1. The lowest BCUT2D eigenvalue weighted by Crippen LogP contribution is -2.47. The zero-order valence-electron chi connectivity index (χ0n) is 15.6. The number of benzene rings is 2. The lowest BCUT2D eigenvalue weighted by Gasteiger charge is -2.37. The Morgan fingerprint density at radius 2 is 1.85 bits per heavy atom. The van der Waals surface area contributed by atoms with Gasteiger partial charge in [-0.25, -0.2) is 0 Å². The Labute approximate surface area is 156 Å². The average Bonchev–Trinajstić information content (AvgIpc) is 2.96. The number of amidine groups is 1. The van der Waals surface area contributed by atoms with Crippen molar-refractivity contribution in [1.29, 1.82) is 0 Å². The molecule has 2 aliphatic heterocycles. The lowest BCUT2D eigenvalue weighted by molar-refractivity contribution is -0.0317. The number of aliphatic imine (C=N–C) groups is 1. The Hall–Kier alpha value is -2.13. The van der Waals surface area contributed by atoms with E-state index in [1.807, 2.05) is 18.2 Å². The van der Waals surface area contributed by atoms with E-state index in [0.29, 0.717) is 0 Å². The van der Waals surface area contributed by atoms with Crippen molar-refractivity contribution in [2.45, 2.75) is 51.2 Å². The summed E-state index contributed by atoms with van der Waals surface area (Å²) in [5, 5.41) is 11.8. The first kappa shape index (κ1) is 17.3. The molecule has 0 saturated heterocycles. The van der Waals surface area contributed by atoms with Crippen molar-refractivity contribution in [3.05, 3.63) is 70.8 Å². The molecular formula is C23H28N2O. The molecule has 0 spiro atoms. The maximum atomic E-state index is 11.8. The first-order chi connectivity index (χ1) is 12.7. The quantitative estimate of drug-likeness (QED) is 0.782. The van der Waals surface area contributed by atoms with Gasteiger partial charge in [-0.15, -0.1) is 0 Å². The average molecular weight is 348 g/mol. The van der Waals surface area contributed by atoms with Gasteiger partial charge >= 0.3 is 0 Å². The summed E-state index contributed by atoms with van der Waals surface area (Å²) in [6.45, 7) is 3.92. The van der Waals surface area contributed by atoms with Crippen LogP contribution < -0.4 is 0 Å². The Morgan fingerprint density at radius 1 is 1.04 bits per heavy atom. The molecule has 136 valence electrons. The molecule has 1 atom stereocenters. The van der Waals surface area contributed by atoms with E-state index < -0.39 is 5.72 Å². The van der Waals surface area contributed by atoms with Crippen LogP contribution in [0.3, 0.4) is 0 Å². The van der Waals surface area contributed by atoms with Crippen molar-refractivity contribution >= 4 is 5.84 Å². The van der Waals surface area contributed by atoms with Crippen LogP contribution in [0.4, 0.5) is 0 Å². The number of nitrogens with zero attached hydrogens (tertiary/aromatic N) is 2. The summed E-state index contributed by atoms with van der Waals surface area (Å²) >= 11 is 0. The number of aliphatic hydroxyl groups is 1. The SMILES string of the molecule is CCCCCCc1ccc(C2(O)c3ccccc3C3=NCCCN32)cc1. The largest absolute Gasteiger partial charge is 0.363 e. The van der Waals surface area contributed by atoms with Gasteiger partial charge in [-0.05, 0) is 24.8 Å². The molecule has 1 unspecified atom stereocenters. The molecule has 2 aromatic rings. The van der Waals surface area contributed by atoms with Crippen LogP contribution in [0.5, 0.6) is 0 Å². The number of unbranched alkanes of at least 4 members (excludes halogenated alkanes) is 3. The van der Waals surface area contributed by atoms with Crippen molar-refractivity contribution in [2.24, 2.45) is 4.99 Å². The lowest BCUT2D eigenvalue weighted by atomic mass is 9.92. The molecular weight excluding hydrogens is 320 g/mol. The van der Waals surface area contributed by atoms with E-state index >= 15 is 0 Å². The van der Waals surface area contributed by atoms with Crippen molar-refractivity contribution < 1.29 is 5.11 Å². The molecule has 0 aromatic heterocycles. The van der Waals surface area contributed by atoms with Crippen molar-refractivity contribution in [1.82, 2.24) is 4.90 Å². The minimum absolute atomic E-state index is 0.836. The highest BCUT2D eigenvalue weighted by Gasteiger charge is 2.48. The molecule has 0 amide bonds. The monoisotopic (exact) mass is 348 g/mol. The minimum Gasteiger partial charge on any atom is -0.363 e. The first-order valence-electron chi connectivity index (χ1n) is 9.99. The summed E-state index contributed by atoms with van der Waals surface area (Å²) in [5.41, 5.74) is 3.22. The highest BCUT2D eigenvalue weighted by atomic mass is 16.3. The second kappa shape index (κ2) is 7.24. The highest BCUT2D eigenvalue weighted by Crippen LogP contribution is 2.43. The number of fused-ring (bicyclic) bond motifs is 3. The number of hydrogen-bond acceptors (Lipinski definition) is 3. The van der Waals surface area contributed by atoms with Crippen LogP contribution in [-0.2, 0) is 12.1 Å². The second-order valence-corrected chi connectivity index (χ2v) is 7.44. The van der Waals surface area contributed by atoms with E-state index in [9.17, 15) is 5.11 Å². The molecule has 2 aliphatic rings. The predicted molar refractivity (Wildman–Crippen MR) is 106 cm³/mol. The van der Waals surface area contributed by atoms with Gasteiger partial charge in [0.15, 0.2) is 5.72 Å². The standard InChI is InChI=1S/C23H28N2O/c1-2-3-4-5-9-18-12-14-19(15-13-18)23(26)21-11-7-6-10-20(21)22-24-16-8-17-25(22)23/h6-7,10-15,26H,2-5,8-9,16-17H2,1H3. The molecule has 3 heteroatoms. The van der Waals surface area contributed by atoms with Gasteiger partial charge in [0.1, 0.15) is 5.84 Å². The third-order valence-corrected chi connectivity index (χ3v) is 5.67. The van der Waals surface area contributed by atoms with E-state index in [1.54, 1.807) is 0 Å². The second-order valence-electron chi connectivity index (χ2n) is 7.44. The van der Waals surface area contributed by atoms with Gasteiger partial charge in [0.2, 0.25) is 0 Å². The topological polar surface area (TPSA) is 35.8 Å². The molecule has 2 aromatic carbocycles. The van der Waals surface area contributed by atoms with E-state index in [-0.39, 0.29) is 0 Å². The number of hydrogen-bond donors (Lipinski definition) is 1. The summed E-state index contributed by atoms with van der Waals surface area (Å²) < 4.78 is 0. The summed E-state index contributed by atoms with van der Waals surface area (Å²) in [5.74, 6) is 0.943. The van der Waals surface area contributed by atoms with Crippen LogP contribution in [0.1, 0.15) is 61.3 Å². The minimum atomic E-state index is -1.10. The van der Waals surface area contributed by atoms with Crippen LogP contribution in [-0.4, -0.2) is 28.9 Å². The highest BCUT2D eigenvalue weighted by molar-refractivity contribution is 6.04. The maximum Gasteiger partial charge on any atom is 0.193 e. The van der Waals surface area contributed by atoms with Gasteiger partial charge in [-0.2, -0.15) is 0 Å². The Balaban J connectivity index is 1.64. The van der Waals surface area contributed by atoms with Crippen molar-refractivity contribution in [3.63, 3.8) is 0 Å². The Morgan fingerprint density at radius 3 is 2.65 bits per heavy atom. The van der Waals surface area contributed by atoms with Crippen LogP contribution in [0, 0.1) is 0 Å². The number of rotatable bonds is 6. The third kappa shape index (κ3) is 2.84. The predicted octanol–water partition coefficient (Wildman–Crippen LogP) is 4.47. The molecule has 1 N–H and O–H groups in total. The van der Waals surface area contributed by atoms with E-state index in [2.05, 4.69) is 42.2 Å². The third-order valence-electron chi connectivity index (χ3n) is 5.67. The molecule has 3 nitrogen and oxygen atoms in total. The Kier molecular flexibility index (Phi) is 4.82. The fourth-order valence-electron chi connectivity index (χ4n) is 4.25. The normalized spacial score (nSPS) is 21.3. The molecule has 0 radical (unpaired) electrons. The van der Waals surface area contributed by atoms with E-state index in [1.165, 1.54) is 31.2 Å². The fourth-order valence-corrected chi connectivity index (χ4v) is 4.25. The van der Waals surface area contributed by atoms with E-state index in [4.69, 9.17) is 4.99 Å². The Bertz CT molecular complexity index is 796. The molecule has 0 bridgehead atoms. The van der Waals surface area contributed by atoms with Crippen LogP contribution in [0.15, 0.2) is 53.5 Å². The van der Waals surface area contributed by atoms with Gasteiger partial charge in [-0.3, -0.25) is 4.99 Å². The summed E-state index contributed by atoms with van der Waals surface area (Å²) in [6.07, 6.45) is 7.21. The van der Waals surface area contributed by atoms with Crippen LogP contribution >= 0.6 is 0 Å². The van der Waals surface area contributed by atoms with Crippen molar-refractivity contribution in [3.8, 4) is 0 Å². The molecule has 0 saturated carbocycles. The van der Waals surface area contributed by atoms with Gasteiger partial charge in [0, 0.05) is 29.8 Å². The maximum absolute atomic E-state index is 11.8. The van der Waals surface area contributed by atoms with Gasteiger partial charge < -0.3 is 10.0 Å². The molecule has 0 fully saturated rings. The molecule has 2 heterocycles. The van der Waals surface area contributed by atoms with Gasteiger partial charge in [0.05, 0.1) is 0 Å². The smallest absolute Gasteiger partial charge is 0.193 e. The zero-order chi connectivity index (χ0) is 18.0. The molecule has 4 rings (SSSR count). The summed E-state index contributed by atoms with van der Waals surface area (Å²) in [6, 6.07) is 16.7. The first-order valence-corrected chi connectivity index (χ1v) is 9.99. The molecule has 26 heavy (non-hydrogen) atoms. The van der Waals surface area contributed by atoms with Gasteiger partial charge in [-0.1, -0.05) is 74.7 Å². The van der Waals surface area contributed by atoms with Gasteiger partial charge in [0.25, 0.3) is 0 Å². The summed E-state index contributed by atoms with van der Waals surface area (Å²) in [4.78, 5) is 6.79. The fraction of sp³-hybridized carbons (Fsp3) is 0.435. The molecule has 0 aliphatic carbocycles.